The molecule has 2 aliphatic rings. The molecule has 1 saturated heterocycles. The molecule has 174 valence electrons. The number of hydrogen-bond donors (Lipinski definition) is 3. The van der Waals surface area contributed by atoms with Crippen LogP contribution in [0.1, 0.15) is 51.4 Å². The Bertz CT molecular complexity index is 889. The first-order valence-corrected chi connectivity index (χ1v) is 11.7. The van der Waals surface area contributed by atoms with Crippen molar-refractivity contribution in [1.29, 1.82) is 0 Å². The summed E-state index contributed by atoms with van der Waals surface area (Å²) in [6.07, 6.45) is 9.62. The molecular weight excluding hydrogens is 409 g/mol. The summed E-state index contributed by atoms with van der Waals surface area (Å²) in [5.74, 6) is 1.21. The number of ether oxygens (including phenoxy) is 1. The van der Waals surface area contributed by atoms with Gasteiger partial charge in [0.25, 0.3) is 0 Å². The number of nitrogens with zero attached hydrogens (tertiary/aromatic N) is 4. The predicted octanol–water partition coefficient (Wildman–Crippen LogP) is 4.40. The molecule has 0 radical (unpaired) electrons. The summed E-state index contributed by atoms with van der Waals surface area (Å²) in [4.78, 5) is 16.1. The number of rotatable bonds is 8. The van der Waals surface area contributed by atoms with E-state index in [0.29, 0.717) is 35.6 Å². The van der Waals surface area contributed by atoms with Gasteiger partial charge in [-0.15, -0.1) is 0 Å². The van der Waals surface area contributed by atoms with E-state index in [9.17, 15) is 4.39 Å². The smallest absolute Gasteiger partial charge is 0.233 e. The van der Waals surface area contributed by atoms with Crippen LogP contribution in [0.25, 0.3) is 0 Å². The summed E-state index contributed by atoms with van der Waals surface area (Å²) in [6, 6.07) is 5.53. The number of likely N-dealkylation sites (tertiary alicyclic amines) is 1. The fraction of sp³-hybridized carbons (Fsp3) is 0.609. The van der Waals surface area contributed by atoms with Gasteiger partial charge in [-0.3, -0.25) is 0 Å². The van der Waals surface area contributed by atoms with Gasteiger partial charge in [-0.25, -0.2) is 4.39 Å². The van der Waals surface area contributed by atoms with Crippen LogP contribution in [-0.2, 0) is 0 Å². The van der Waals surface area contributed by atoms with E-state index in [0.717, 1.165) is 32.4 Å². The van der Waals surface area contributed by atoms with Crippen molar-refractivity contribution in [2.45, 2.75) is 63.5 Å². The highest BCUT2D eigenvalue weighted by Gasteiger charge is 2.21. The Kier molecular flexibility index (Phi) is 7.57. The lowest BCUT2D eigenvalue weighted by molar-refractivity contribution is 0.322. The van der Waals surface area contributed by atoms with Gasteiger partial charge in [-0.2, -0.15) is 15.0 Å². The minimum Gasteiger partial charge on any atom is -0.494 e. The van der Waals surface area contributed by atoms with E-state index in [1.165, 1.54) is 45.3 Å². The monoisotopic (exact) mass is 443 g/mol. The van der Waals surface area contributed by atoms with Crippen molar-refractivity contribution < 1.29 is 9.13 Å². The van der Waals surface area contributed by atoms with Gasteiger partial charge in [-0.05, 0) is 51.4 Å². The molecule has 1 aromatic heterocycles. The maximum atomic E-state index is 14.1. The Labute approximate surface area is 189 Å². The van der Waals surface area contributed by atoms with Crippen LogP contribution >= 0.6 is 0 Å². The Morgan fingerprint density at radius 2 is 1.75 bits per heavy atom. The average molecular weight is 444 g/mol. The number of nitrogens with one attached hydrogen (secondary N) is 3. The molecule has 2 aromatic rings. The quantitative estimate of drug-likeness (QED) is 0.518. The fourth-order valence-corrected chi connectivity index (χ4v) is 4.50. The van der Waals surface area contributed by atoms with Crippen LogP contribution < -0.4 is 20.7 Å². The van der Waals surface area contributed by atoms with Crippen molar-refractivity contribution in [3.05, 3.63) is 24.0 Å². The van der Waals surface area contributed by atoms with Gasteiger partial charge in [0.15, 0.2) is 11.6 Å². The highest BCUT2D eigenvalue weighted by atomic mass is 19.1. The second-order valence-electron chi connectivity index (χ2n) is 8.77. The summed E-state index contributed by atoms with van der Waals surface area (Å²) in [7, 11) is 3.60. The normalized spacial score (nSPS) is 20.0. The van der Waals surface area contributed by atoms with Crippen LogP contribution in [0.15, 0.2) is 18.2 Å². The predicted molar refractivity (Wildman–Crippen MR) is 125 cm³/mol. The van der Waals surface area contributed by atoms with Crippen molar-refractivity contribution in [2.75, 3.05) is 43.2 Å². The third kappa shape index (κ3) is 5.97. The van der Waals surface area contributed by atoms with Crippen LogP contribution in [-0.4, -0.2) is 59.2 Å². The third-order valence-electron chi connectivity index (χ3n) is 6.40. The van der Waals surface area contributed by atoms with Crippen molar-refractivity contribution in [1.82, 2.24) is 19.9 Å². The molecule has 32 heavy (non-hydrogen) atoms. The van der Waals surface area contributed by atoms with E-state index in [1.54, 1.807) is 12.1 Å². The highest BCUT2D eigenvalue weighted by molar-refractivity contribution is 5.57. The molecule has 0 bridgehead atoms. The van der Waals surface area contributed by atoms with Gasteiger partial charge in [0.2, 0.25) is 17.8 Å². The summed E-state index contributed by atoms with van der Waals surface area (Å²) >= 11 is 0. The topological polar surface area (TPSA) is 87.2 Å². The summed E-state index contributed by atoms with van der Waals surface area (Å²) in [6.45, 7) is 1.90. The largest absolute Gasteiger partial charge is 0.494 e. The standard InChI is InChI=1S/C23H34FN7O/c1-31-13-7-10-18(31)15-25-21-28-22(26-16-8-5-3-4-6-9-16)30-23(29-21)27-17-11-12-20(32-2)19(24)14-17/h11-12,14,16,18H,3-10,13,15H2,1-2H3,(H3,25,26,27,28,29,30). The lowest BCUT2D eigenvalue weighted by atomic mass is 10.1. The highest BCUT2D eigenvalue weighted by Crippen LogP contribution is 2.24. The molecule has 1 aromatic carbocycles. The Balaban J connectivity index is 1.52. The third-order valence-corrected chi connectivity index (χ3v) is 6.40. The van der Waals surface area contributed by atoms with E-state index < -0.39 is 5.82 Å². The Morgan fingerprint density at radius 1 is 1.00 bits per heavy atom. The van der Waals surface area contributed by atoms with E-state index in [2.05, 4.69) is 42.8 Å². The maximum absolute atomic E-state index is 14.1. The molecule has 0 amide bonds. The number of methoxy groups -OCH3 is 1. The first-order valence-electron chi connectivity index (χ1n) is 11.7. The van der Waals surface area contributed by atoms with E-state index in [1.807, 2.05) is 0 Å². The van der Waals surface area contributed by atoms with Gasteiger partial charge in [0.1, 0.15) is 0 Å². The van der Waals surface area contributed by atoms with Crippen LogP contribution in [0.5, 0.6) is 5.75 Å². The van der Waals surface area contributed by atoms with Crippen molar-refractivity contribution in [3.8, 4) is 5.75 Å². The average Bonchev–Trinajstić information content (AvgIpc) is 3.01. The van der Waals surface area contributed by atoms with Gasteiger partial charge < -0.3 is 25.6 Å². The van der Waals surface area contributed by atoms with Gasteiger partial charge >= 0.3 is 0 Å². The number of aromatic nitrogens is 3. The molecule has 1 aliphatic carbocycles. The first-order chi connectivity index (χ1) is 15.6. The number of benzene rings is 1. The zero-order valence-electron chi connectivity index (χ0n) is 19.0. The maximum Gasteiger partial charge on any atom is 0.233 e. The van der Waals surface area contributed by atoms with E-state index in [-0.39, 0.29) is 5.75 Å². The molecular formula is C23H34FN7O. The second-order valence-corrected chi connectivity index (χ2v) is 8.77. The zero-order valence-corrected chi connectivity index (χ0v) is 19.0. The molecule has 1 saturated carbocycles. The Morgan fingerprint density at radius 3 is 2.44 bits per heavy atom. The molecule has 1 unspecified atom stereocenters. The molecule has 8 nitrogen and oxygen atoms in total. The SMILES string of the molecule is COc1ccc(Nc2nc(NCC3CCCN3C)nc(NC3CCCCCC3)n2)cc1F. The van der Waals surface area contributed by atoms with Crippen LogP contribution in [0, 0.1) is 5.82 Å². The summed E-state index contributed by atoms with van der Waals surface area (Å²) < 4.78 is 19.1. The van der Waals surface area contributed by atoms with Gasteiger partial charge in [0.05, 0.1) is 7.11 Å². The minimum atomic E-state index is -0.439. The van der Waals surface area contributed by atoms with Crippen molar-refractivity contribution in [3.63, 3.8) is 0 Å². The second kappa shape index (κ2) is 10.8. The molecule has 1 atom stereocenters. The van der Waals surface area contributed by atoms with Crippen LogP contribution in [0.4, 0.5) is 27.9 Å². The Hall–Kier alpha value is -2.68. The molecule has 3 N–H and O–H groups in total. The lowest BCUT2D eigenvalue weighted by Crippen LogP contribution is -2.32. The summed E-state index contributed by atoms with van der Waals surface area (Å²) in [5.41, 5.74) is 0.552. The molecule has 4 rings (SSSR count). The molecule has 1 aliphatic heterocycles. The number of hydrogen-bond acceptors (Lipinski definition) is 8. The molecule has 0 spiro atoms. The van der Waals surface area contributed by atoms with Crippen LogP contribution in [0.2, 0.25) is 0 Å². The van der Waals surface area contributed by atoms with Crippen molar-refractivity contribution >= 4 is 23.5 Å². The minimum absolute atomic E-state index is 0.199. The van der Waals surface area contributed by atoms with E-state index >= 15 is 0 Å². The lowest BCUT2D eigenvalue weighted by Gasteiger charge is -2.20. The fourth-order valence-electron chi connectivity index (χ4n) is 4.50. The first kappa shape index (κ1) is 22.5. The van der Waals surface area contributed by atoms with Gasteiger partial charge in [-0.1, -0.05) is 25.7 Å². The number of likely N-dealkylation sites (N-methyl/N-ethyl adjacent to an activating group) is 1. The van der Waals surface area contributed by atoms with Gasteiger partial charge in [0, 0.05) is 30.4 Å². The van der Waals surface area contributed by atoms with E-state index in [4.69, 9.17) is 4.74 Å². The number of halogens is 1. The number of anilines is 4. The summed E-state index contributed by atoms with van der Waals surface area (Å²) in [5, 5.41) is 10.0. The molecule has 2 heterocycles. The zero-order chi connectivity index (χ0) is 22.3. The molecule has 2 fully saturated rings. The van der Waals surface area contributed by atoms with Crippen molar-refractivity contribution in [2.24, 2.45) is 0 Å². The van der Waals surface area contributed by atoms with Crippen LogP contribution in [0.3, 0.4) is 0 Å². The molecule has 9 heteroatoms.